The van der Waals surface area contributed by atoms with E-state index < -0.39 is 0 Å². The van der Waals surface area contributed by atoms with Crippen molar-refractivity contribution in [1.82, 2.24) is 10.2 Å². The Morgan fingerprint density at radius 3 is 2.72 bits per heavy atom. The van der Waals surface area contributed by atoms with Gasteiger partial charge in [-0.15, -0.1) is 0 Å². The number of rotatable bonds is 5. The molecule has 0 saturated heterocycles. The van der Waals surface area contributed by atoms with Gasteiger partial charge in [0.1, 0.15) is 0 Å². The van der Waals surface area contributed by atoms with Gasteiger partial charge < -0.3 is 11.1 Å². The molecule has 3 aromatic rings. The Morgan fingerprint density at radius 2 is 1.92 bits per heavy atom. The van der Waals surface area contributed by atoms with Gasteiger partial charge >= 0.3 is 0 Å². The molecule has 25 heavy (non-hydrogen) atoms. The quantitative estimate of drug-likeness (QED) is 0.624. The molecule has 2 aromatic carbocycles. The van der Waals surface area contributed by atoms with Crippen LogP contribution in [-0.4, -0.2) is 22.6 Å². The Bertz CT molecular complexity index is 992. The van der Waals surface area contributed by atoms with E-state index in [0.29, 0.717) is 23.3 Å². The van der Waals surface area contributed by atoms with Crippen molar-refractivity contribution in [3.8, 4) is 11.3 Å². The Morgan fingerprint density at radius 1 is 1.12 bits per heavy atom. The first-order valence-corrected chi connectivity index (χ1v) is 7.92. The lowest BCUT2D eigenvalue weighted by Crippen LogP contribution is -2.11. The fourth-order valence-electron chi connectivity index (χ4n) is 2.58. The Balaban J connectivity index is 1.92. The summed E-state index contributed by atoms with van der Waals surface area (Å²) in [6.45, 7) is 0.410. The van der Waals surface area contributed by atoms with Crippen molar-refractivity contribution in [2.24, 2.45) is 5.73 Å². The van der Waals surface area contributed by atoms with Gasteiger partial charge in [-0.1, -0.05) is 42.5 Å². The van der Waals surface area contributed by atoms with E-state index in [4.69, 9.17) is 5.73 Å². The number of benzene rings is 2. The summed E-state index contributed by atoms with van der Waals surface area (Å²) in [5.74, 6) is -0.124. The number of H-pyrrole nitrogens is 1. The number of aromatic amines is 1. The first-order chi connectivity index (χ1) is 12.2. The molecule has 0 fully saturated rings. The molecular formula is C19H18N4O2. The second-order valence-corrected chi connectivity index (χ2v) is 5.49. The highest BCUT2D eigenvalue weighted by atomic mass is 16.1. The number of nitrogens with one attached hydrogen (secondary N) is 2. The SMILES string of the molecule is NC/C=C/CC(=O)Nc1cccc(-c2n[nH]c(=O)c3ccccc23)c1. The molecule has 0 spiro atoms. The number of hydrogen-bond acceptors (Lipinski definition) is 4. The molecule has 0 aliphatic heterocycles. The zero-order valence-electron chi connectivity index (χ0n) is 13.5. The van der Waals surface area contributed by atoms with Gasteiger partial charge in [-0.25, -0.2) is 5.10 Å². The van der Waals surface area contributed by atoms with Crippen molar-refractivity contribution in [3.63, 3.8) is 0 Å². The maximum absolute atomic E-state index is 11.9. The number of carbonyl (C=O) groups excluding carboxylic acids is 1. The van der Waals surface area contributed by atoms with Gasteiger partial charge in [0.05, 0.1) is 11.1 Å². The maximum Gasteiger partial charge on any atom is 0.272 e. The first-order valence-electron chi connectivity index (χ1n) is 7.92. The van der Waals surface area contributed by atoms with E-state index in [1.165, 1.54) is 0 Å². The largest absolute Gasteiger partial charge is 0.327 e. The number of amides is 1. The molecule has 6 heteroatoms. The summed E-state index contributed by atoms with van der Waals surface area (Å²) in [5.41, 5.74) is 7.27. The Labute approximate surface area is 144 Å². The molecule has 0 atom stereocenters. The van der Waals surface area contributed by atoms with Crippen molar-refractivity contribution < 1.29 is 4.79 Å². The lowest BCUT2D eigenvalue weighted by molar-refractivity contribution is -0.115. The molecule has 126 valence electrons. The standard InChI is InChI=1S/C19H18N4O2/c20-11-4-3-10-17(24)21-14-7-5-6-13(12-14)18-15-8-1-2-9-16(15)19(25)23-22-18/h1-9,12H,10-11,20H2,(H,21,24)(H,23,25)/b4-3+. The molecule has 0 radical (unpaired) electrons. The fraction of sp³-hybridized carbons (Fsp3) is 0.105. The van der Waals surface area contributed by atoms with Crippen LogP contribution in [0.5, 0.6) is 0 Å². The molecule has 1 heterocycles. The van der Waals surface area contributed by atoms with Crippen molar-refractivity contribution >= 4 is 22.4 Å². The van der Waals surface area contributed by atoms with Gasteiger partial charge in [-0.3, -0.25) is 9.59 Å². The van der Waals surface area contributed by atoms with E-state index in [9.17, 15) is 9.59 Å². The summed E-state index contributed by atoms with van der Waals surface area (Å²) in [6, 6.07) is 14.7. The third-order valence-electron chi connectivity index (χ3n) is 3.72. The van der Waals surface area contributed by atoms with Crippen LogP contribution in [0, 0.1) is 0 Å². The Kier molecular flexibility index (Phi) is 5.01. The summed E-state index contributed by atoms with van der Waals surface area (Å²) in [5, 5.41) is 10.9. The maximum atomic E-state index is 11.9. The second-order valence-electron chi connectivity index (χ2n) is 5.49. The zero-order chi connectivity index (χ0) is 17.6. The number of fused-ring (bicyclic) bond motifs is 1. The number of anilines is 1. The number of aromatic nitrogens is 2. The average Bonchev–Trinajstić information content (AvgIpc) is 2.63. The summed E-state index contributed by atoms with van der Waals surface area (Å²) >= 11 is 0. The van der Waals surface area contributed by atoms with Crippen molar-refractivity contribution in [2.75, 3.05) is 11.9 Å². The fourth-order valence-corrected chi connectivity index (χ4v) is 2.58. The van der Waals surface area contributed by atoms with Crippen molar-refractivity contribution in [3.05, 3.63) is 71.0 Å². The average molecular weight is 334 g/mol. The molecule has 0 aliphatic rings. The molecule has 1 aromatic heterocycles. The normalized spacial score (nSPS) is 11.1. The van der Waals surface area contributed by atoms with E-state index in [2.05, 4.69) is 15.5 Å². The van der Waals surface area contributed by atoms with Gasteiger partial charge in [0.15, 0.2) is 0 Å². The van der Waals surface area contributed by atoms with Crippen LogP contribution in [0.25, 0.3) is 22.0 Å². The first kappa shape index (κ1) is 16.6. The third kappa shape index (κ3) is 3.81. The highest BCUT2D eigenvalue weighted by Gasteiger charge is 2.09. The van der Waals surface area contributed by atoms with Gasteiger partial charge in [-0.2, -0.15) is 5.10 Å². The monoisotopic (exact) mass is 334 g/mol. The molecule has 3 rings (SSSR count). The molecule has 0 bridgehead atoms. The lowest BCUT2D eigenvalue weighted by Gasteiger charge is -2.08. The summed E-state index contributed by atoms with van der Waals surface area (Å²) in [7, 11) is 0. The predicted molar refractivity (Wildman–Crippen MR) is 99.2 cm³/mol. The van der Waals surface area contributed by atoms with E-state index in [1.54, 1.807) is 18.2 Å². The molecule has 0 unspecified atom stereocenters. The highest BCUT2D eigenvalue weighted by Crippen LogP contribution is 2.26. The minimum atomic E-state index is -0.226. The van der Waals surface area contributed by atoms with Crippen LogP contribution in [0.15, 0.2) is 65.5 Å². The highest BCUT2D eigenvalue weighted by molar-refractivity contribution is 5.96. The smallest absolute Gasteiger partial charge is 0.272 e. The zero-order valence-corrected chi connectivity index (χ0v) is 13.5. The lowest BCUT2D eigenvalue weighted by atomic mass is 10.0. The van der Waals surface area contributed by atoms with Gasteiger partial charge in [0.25, 0.3) is 5.56 Å². The number of carbonyl (C=O) groups is 1. The van der Waals surface area contributed by atoms with Crippen LogP contribution in [0.4, 0.5) is 5.69 Å². The molecule has 0 saturated carbocycles. The van der Waals surface area contributed by atoms with Crippen LogP contribution in [0.1, 0.15) is 6.42 Å². The van der Waals surface area contributed by atoms with Crippen LogP contribution >= 0.6 is 0 Å². The summed E-state index contributed by atoms with van der Waals surface area (Å²) in [6.07, 6.45) is 3.74. The predicted octanol–water partition coefficient (Wildman–Crippen LogP) is 2.43. The van der Waals surface area contributed by atoms with E-state index >= 15 is 0 Å². The molecule has 0 aliphatic carbocycles. The number of nitrogens with two attached hydrogens (primary N) is 1. The number of nitrogens with zero attached hydrogens (tertiary/aromatic N) is 1. The molecule has 4 N–H and O–H groups in total. The Hall–Kier alpha value is -3.25. The van der Waals surface area contributed by atoms with Gasteiger partial charge in [0, 0.05) is 29.6 Å². The minimum Gasteiger partial charge on any atom is -0.327 e. The van der Waals surface area contributed by atoms with Crippen LogP contribution < -0.4 is 16.6 Å². The number of hydrogen-bond donors (Lipinski definition) is 3. The van der Waals surface area contributed by atoms with Gasteiger partial charge in [-0.05, 0) is 18.2 Å². The van der Waals surface area contributed by atoms with E-state index in [0.717, 1.165) is 10.9 Å². The van der Waals surface area contributed by atoms with Crippen LogP contribution in [-0.2, 0) is 4.79 Å². The summed E-state index contributed by atoms with van der Waals surface area (Å²) in [4.78, 5) is 23.8. The van der Waals surface area contributed by atoms with E-state index in [-0.39, 0.29) is 17.9 Å². The molecular weight excluding hydrogens is 316 g/mol. The van der Waals surface area contributed by atoms with Crippen molar-refractivity contribution in [1.29, 1.82) is 0 Å². The topological polar surface area (TPSA) is 101 Å². The molecule has 1 amide bonds. The molecule has 6 nitrogen and oxygen atoms in total. The van der Waals surface area contributed by atoms with E-state index in [1.807, 2.05) is 42.5 Å². The van der Waals surface area contributed by atoms with Crippen molar-refractivity contribution in [2.45, 2.75) is 6.42 Å². The third-order valence-corrected chi connectivity index (χ3v) is 3.72. The van der Waals surface area contributed by atoms with Crippen LogP contribution in [0.3, 0.4) is 0 Å². The minimum absolute atomic E-state index is 0.124. The van der Waals surface area contributed by atoms with Gasteiger partial charge in [0.2, 0.25) is 5.91 Å². The summed E-state index contributed by atoms with van der Waals surface area (Å²) < 4.78 is 0. The van der Waals surface area contributed by atoms with Crippen LogP contribution in [0.2, 0.25) is 0 Å². The second kappa shape index (κ2) is 7.55.